The maximum atomic E-state index is 13.3. The Hall–Kier alpha value is -3.77. The van der Waals surface area contributed by atoms with Crippen molar-refractivity contribution in [3.63, 3.8) is 0 Å². The molecule has 0 fully saturated rings. The van der Waals surface area contributed by atoms with E-state index in [4.69, 9.17) is 4.74 Å². The van der Waals surface area contributed by atoms with Crippen LogP contribution in [0.15, 0.2) is 65.1 Å². The Morgan fingerprint density at radius 1 is 1.14 bits per heavy atom. The predicted molar refractivity (Wildman–Crippen MR) is 138 cm³/mol. The minimum Gasteiger partial charge on any atom is -0.489 e. The fraction of sp³-hybridized carbons (Fsp3) is 0.208. The summed E-state index contributed by atoms with van der Waals surface area (Å²) in [6.07, 6.45) is 2.33. The molecule has 0 saturated heterocycles. The van der Waals surface area contributed by atoms with Gasteiger partial charge < -0.3 is 9.64 Å². The third-order valence-electron chi connectivity index (χ3n) is 4.91. The van der Waals surface area contributed by atoms with Crippen LogP contribution < -0.4 is 15.0 Å². The predicted octanol–water partition coefficient (Wildman–Crippen LogP) is 4.66. The van der Waals surface area contributed by atoms with Crippen LogP contribution in [0.25, 0.3) is 5.69 Å². The van der Waals surface area contributed by atoms with E-state index < -0.39 is 5.91 Å². The van der Waals surface area contributed by atoms with E-state index in [0.29, 0.717) is 22.4 Å². The lowest BCUT2D eigenvalue weighted by Crippen LogP contribution is -2.27. The van der Waals surface area contributed by atoms with Gasteiger partial charge in [0.25, 0.3) is 5.91 Å². The Balaban J connectivity index is 1.41. The smallest absolute Gasteiger partial charge is 0.281 e. The van der Waals surface area contributed by atoms with Gasteiger partial charge >= 0.3 is 0 Å². The molecule has 36 heavy (non-hydrogen) atoms. The van der Waals surface area contributed by atoms with Crippen molar-refractivity contribution in [2.45, 2.75) is 17.7 Å². The van der Waals surface area contributed by atoms with Crippen LogP contribution in [0.5, 0.6) is 5.75 Å². The third-order valence-corrected chi connectivity index (χ3v) is 6.87. The van der Waals surface area contributed by atoms with Crippen LogP contribution in [-0.2, 0) is 4.79 Å². The minimum atomic E-state index is -0.519. The summed E-state index contributed by atoms with van der Waals surface area (Å²) >= 11 is 2.39. The molecule has 4 aromatic rings. The number of aromatic nitrogens is 4. The third kappa shape index (κ3) is 6.26. The van der Waals surface area contributed by atoms with Gasteiger partial charge in [-0.1, -0.05) is 48.2 Å². The molecule has 0 saturated carbocycles. The molecule has 0 aliphatic carbocycles. The maximum Gasteiger partial charge on any atom is 0.281 e. The zero-order valence-corrected chi connectivity index (χ0v) is 21.2. The zero-order valence-electron chi connectivity index (χ0n) is 19.6. The van der Waals surface area contributed by atoms with Crippen molar-refractivity contribution in [1.82, 2.24) is 20.0 Å². The number of rotatable bonds is 10. The Morgan fingerprint density at radius 3 is 2.61 bits per heavy atom. The number of halogens is 1. The van der Waals surface area contributed by atoms with Crippen LogP contribution >= 0.6 is 23.1 Å². The van der Waals surface area contributed by atoms with E-state index in [1.807, 2.05) is 37.3 Å². The van der Waals surface area contributed by atoms with Gasteiger partial charge in [0.1, 0.15) is 5.82 Å². The molecule has 2 aromatic heterocycles. The minimum absolute atomic E-state index is 0.0665. The lowest BCUT2D eigenvalue weighted by atomic mass is 10.3. The molecule has 2 amide bonds. The number of thioether (sulfide) groups is 1. The molecule has 0 atom stereocenters. The number of nitrogens with zero attached hydrogens (tertiary/aromatic N) is 5. The Morgan fingerprint density at radius 2 is 1.89 bits per heavy atom. The van der Waals surface area contributed by atoms with Crippen molar-refractivity contribution >= 4 is 45.7 Å². The quantitative estimate of drug-likeness (QED) is 0.237. The van der Waals surface area contributed by atoms with Gasteiger partial charge in [0.05, 0.1) is 24.2 Å². The molecule has 0 bridgehead atoms. The molecule has 0 aliphatic heterocycles. The topological polar surface area (TPSA) is 102 Å². The van der Waals surface area contributed by atoms with Gasteiger partial charge in [0.15, 0.2) is 15.8 Å². The van der Waals surface area contributed by atoms with Gasteiger partial charge in [-0.15, -0.1) is 10.2 Å². The number of hydrogen-bond donors (Lipinski definition) is 1. The van der Waals surface area contributed by atoms with Gasteiger partial charge in [0.2, 0.25) is 11.0 Å². The highest BCUT2D eigenvalue weighted by Crippen LogP contribution is 2.28. The van der Waals surface area contributed by atoms with Crippen LogP contribution in [-0.4, -0.2) is 51.2 Å². The number of anilines is 2. The Bertz CT molecular complexity index is 1330. The SMILES string of the molecule is CCCOc1cn(-c2ccc(F)cc2)nc1C(=O)Nc1nnc(SCC(=O)N(C)c2ccccc2)s1. The highest BCUT2D eigenvalue weighted by atomic mass is 32.2. The molecule has 4 rings (SSSR count). The molecule has 9 nitrogen and oxygen atoms in total. The first-order valence-corrected chi connectivity index (χ1v) is 12.8. The second kappa shape index (κ2) is 11.8. The van der Waals surface area contributed by atoms with E-state index in [9.17, 15) is 14.0 Å². The summed E-state index contributed by atoms with van der Waals surface area (Å²) in [6, 6.07) is 15.1. The van der Waals surface area contributed by atoms with E-state index in [1.54, 1.807) is 30.3 Å². The fourth-order valence-electron chi connectivity index (χ4n) is 3.05. The van der Waals surface area contributed by atoms with Gasteiger partial charge in [-0.3, -0.25) is 14.9 Å². The summed E-state index contributed by atoms with van der Waals surface area (Å²) in [7, 11) is 1.72. The van der Waals surface area contributed by atoms with Gasteiger partial charge in [0, 0.05) is 12.7 Å². The Kier molecular flexibility index (Phi) is 8.28. The summed E-state index contributed by atoms with van der Waals surface area (Å²) in [5.41, 5.74) is 1.45. The molecule has 0 radical (unpaired) electrons. The normalized spacial score (nSPS) is 10.8. The highest BCUT2D eigenvalue weighted by Gasteiger charge is 2.21. The van der Waals surface area contributed by atoms with Gasteiger partial charge in [-0.2, -0.15) is 5.10 Å². The van der Waals surface area contributed by atoms with Gasteiger partial charge in [-0.25, -0.2) is 9.07 Å². The number of amides is 2. The molecule has 2 aromatic carbocycles. The van der Waals surface area contributed by atoms with Crippen molar-refractivity contribution in [2.75, 3.05) is 29.6 Å². The standard InChI is InChI=1S/C24H23FN6O3S2/c1-3-13-34-19-14-31(18-11-9-16(25)10-12-18)29-21(19)22(33)26-23-27-28-24(36-23)35-15-20(32)30(2)17-7-5-4-6-8-17/h4-12,14H,3,13,15H2,1-2H3,(H,26,27,33). The molecular weight excluding hydrogens is 503 g/mol. The van der Waals surface area contributed by atoms with Crippen LogP contribution in [0, 0.1) is 5.82 Å². The average Bonchev–Trinajstić information content (AvgIpc) is 3.53. The molecule has 12 heteroatoms. The monoisotopic (exact) mass is 526 g/mol. The molecule has 0 aliphatic rings. The molecule has 0 spiro atoms. The van der Waals surface area contributed by atoms with Crippen LogP contribution in [0.4, 0.5) is 15.2 Å². The number of carbonyl (C=O) groups excluding carboxylic acids is 2. The zero-order chi connectivity index (χ0) is 25.5. The second-order valence-corrected chi connectivity index (χ2v) is 9.72. The summed E-state index contributed by atoms with van der Waals surface area (Å²) in [5, 5.41) is 15.3. The highest BCUT2D eigenvalue weighted by molar-refractivity contribution is 8.01. The van der Waals surface area contributed by atoms with Crippen molar-refractivity contribution in [3.05, 3.63) is 72.3 Å². The summed E-state index contributed by atoms with van der Waals surface area (Å²) in [4.78, 5) is 27.0. The lowest BCUT2D eigenvalue weighted by Gasteiger charge is -2.16. The molecule has 2 heterocycles. The summed E-state index contributed by atoms with van der Waals surface area (Å²) in [5.74, 6) is -0.506. The number of ether oxygens (including phenoxy) is 1. The number of benzene rings is 2. The van der Waals surface area contributed by atoms with Crippen molar-refractivity contribution in [1.29, 1.82) is 0 Å². The number of hydrogen-bond acceptors (Lipinski definition) is 8. The molecular formula is C24H23FN6O3S2. The average molecular weight is 527 g/mol. The van der Waals surface area contributed by atoms with Crippen LogP contribution in [0.1, 0.15) is 23.8 Å². The number of carbonyl (C=O) groups is 2. The van der Waals surface area contributed by atoms with Gasteiger partial charge in [-0.05, 0) is 42.8 Å². The van der Waals surface area contributed by atoms with E-state index in [2.05, 4.69) is 20.6 Å². The second-order valence-electron chi connectivity index (χ2n) is 7.52. The Labute approximate surface area is 215 Å². The fourth-order valence-corrected chi connectivity index (χ4v) is 4.71. The van der Waals surface area contributed by atoms with Crippen molar-refractivity contribution in [2.24, 2.45) is 0 Å². The van der Waals surface area contributed by atoms with E-state index >= 15 is 0 Å². The largest absolute Gasteiger partial charge is 0.489 e. The lowest BCUT2D eigenvalue weighted by molar-refractivity contribution is -0.115. The van der Waals surface area contributed by atoms with E-state index in [1.165, 1.54) is 28.6 Å². The molecule has 186 valence electrons. The van der Waals surface area contributed by atoms with Crippen molar-refractivity contribution in [3.8, 4) is 11.4 Å². The summed E-state index contributed by atoms with van der Waals surface area (Å²) < 4.78 is 21.0. The van der Waals surface area contributed by atoms with E-state index in [0.717, 1.165) is 23.4 Å². The van der Waals surface area contributed by atoms with Crippen LogP contribution in [0.3, 0.4) is 0 Å². The molecule has 1 N–H and O–H groups in total. The first-order valence-electron chi connectivity index (χ1n) is 11.0. The van der Waals surface area contributed by atoms with Crippen LogP contribution in [0.2, 0.25) is 0 Å². The van der Waals surface area contributed by atoms with Crippen molar-refractivity contribution < 1.29 is 18.7 Å². The molecule has 0 unspecified atom stereocenters. The van der Waals surface area contributed by atoms with E-state index in [-0.39, 0.29) is 28.3 Å². The first kappa shape index (κ1) is 25.3. The number of para-hydroxylation sites is 1. The first-order chi connectivity index (χ1) is 17.4. The maximum absolute atomic E-state index is 13.3. The summed E-state index contributed by atoms with van der Waals surface area (Å²) in [6.45, 7) is 2.35. The number of nitrogens with one attached hydrogen (secondary N) is 1.